The molecule has 8 nitrogen and oxygen atoms in total. The lowest BCUT2D eigenvalue weighted by molar-refractivity contribution is 0.0963. The van der Waals surface area contributed by atoms with E-state index < -0.39 is 6.03 Å². The number of urea groups is 1. The highest BCUT2D eigenvalue weighted by atomic mass is 16.2. The fraction of sp³-hybridized carbons (Fsp3) is 0.200. The molecule has 1 aromatic heterocycles. The third-order valence-electron chi connectivity index (χ3n) is 2.86. The van der Waals surface area contributed by atoms with Crippen molar-refractivity contribution in [1.82, 2.24) is 20.6 Å². The van der Waals surface area contributed by atoms with Gasteiger partial charge in [0.2, 0.25) is 5.95 Å². The topological polar surface area (TPSA) is 108 Å². The molecule has 0 aliphatic rings. The Hall–Kier alpha value is -3.16. The zero-order valence-corrected chi connectivity index (χ0v) is 12.9. The Bertz CT molecular complexity index is 690. The van der Waals surface area contributed by atoms with Crippen LogP contribution in [0.15, 0.2) is 36.5 Å². The molecule has 0 bridgehead atoms. The number of para-hydroxylation sites is 1. The zero-order chi connectivity index (χ0) is 16.7. The van der Waals surface area contributed by atoms with Crippen LogP contribution in [0.1, 0.15) is 17.3 Å². The van der Waals surface area contributed by atoms with Crippen LogP contribution in [0.25, 0.3) is 0 Å². The zero-order valence-electron chi connectivity index (χ0n) is 12.9. The number of aromatic nitrogens is 2. The van der Waals surface area contributed by atoms with Gasteiger partial charge in [0, 0.05) is 25.5 Å². The average molecular weight is 314 g/mol. The highest BCUT2D eigenvalue weighted by Gasteiger charge is 2.15. The molecule has 0 saturated carbocycles. The van der Waals surface area contributed by atoms with E-state index in [9.17, 15) is 9.59 Å². The van der Waals surface area contributed by atoms with E-state index in [1.807, 2.05) is 30.3 Å². The van der Waals surface area contributed by atoms with Crippen LogP contribution >= 0.6 is 0 Å². The molecule has 0 saturated heterocycles. The van der Waals surface area contributed by atoms with Crippen molar-refractivity contribution in [2.24, 2.45) is 0 Å². The van der Waals surface area contributed by atoms with Crippen LogP contribution in [-0.4, -0.2) is 35.5 Å². The maximum Gasteiger partial charge on any atom is 0.321 e. The SMILES string of the molecule is CCNC(=O)Nc1ncc(C(=O)NC)c(Nc2ccccc2)n1. The number of carbonyl (C=O) groups excluding carboxylic acids is 2. The molecular weight excluding hydrogens is 296 g/mol. The van der Waals surface area contributed by atoms with Gasteiger partial charge in [0.25, 0.3) is 5.91 Å². The van der Waals surface area contributed by atoms with E-state index in [1.165, 1.54) is 13.2 Å². The van der Waals surface area contributed by atoms with Crippen LogP contribution in [0, 0.1) is 0 Å². The van der Waals surface area contributed by atoms with Gasteiger partial charge < -0.3 is 16.0 Å². The maximum absolute atomic E-state index is 11.9. The predicted molar refractivity (Wildman–Crippen MR) is 87.8 cm³/mol. The molecule has 0 fully saturated rings. The van der Waals surface area contributed by atoms with Crippen LogP contribution in [0.3, 0.4) is 0 Å². The Morgan fingerprint density at radius 1 is 1.17 bits per heavy atom. The van der Waals surface area contributed by atoms with Crippen LogP contribution < -0.4 is 21.3 Å². The summed E-state index contributed by atoms with van der Waals surface area (Å²) in [6.07, 6.45) is 1.36. The molecule has 1 heterocycles. The number of nitrogens with zero attached hydrogens (tertiary/aromatic N) is 2. The first-order valence-electron chi connectivity index (χ1n) is 7.10. The van der Waals surface area contributed by atoms with Gasteiger partial charge >= 0.3 is 6.03 Å². The molecule has 3 amide bonds. The average Bonchev–Trinajstić information content (AvgIpc) is 2.55. The summed E-state index contributed by atoms with van der Waals surface area (Å²) in [5.41, 5.74) is 1.04. The van der Waals surface area contributed by atoms with Crippen molar-refractivity contribution in [3.8, 4) is 0 Å². The predicted octanol–water partition coefficient (Wildman–Crippen LogP) is 1.72. The van der Waals surface area contributed by atoms with E-state index in [0.717, 1.165) is 5.69 Å². The van der Waals surface area contributed by atoms with Gasteiger partial charge in [0.1, 0.15) is 11.4 Å². The number of anilines is 3. The van der Waals surface area contributed by atoms with Crippen LogP contribution in [-0.2, 0) is 0 Å². The highest BCUT2D eigenvalue weighted by Crippen LogP contribution is 2.19. The normalized spacial score (nSPS) is 9.83. The molecule has 4 N–H and O–H groups in total. The summed E-state index contributed by atoms with van der Waals surface area (Å²) in [6.45, 7) is 2.29. The summed E-state index contributed by atoms with van der Waals surface area (Å²) in [6, 6.07) is 8.87. The van der Waals surface area contributed by atoms with Gasteiger partial charge in [-0.05, 0) is 19.1 Å². The molecule has 8 heteroatoms. The van der Waals surface area contributed by atoms with Crippen molar-refractivity contribution < 1.29 is 9.59 Å². The minimum absolute atomic E-state index is 0.0991. The Labute approximate surface area is 133 Å². The molecule has 23 heavy (non-hydrogen) atoms. The monoisotopic (exact) mass is 314 g/mol. The number of hydrogen-bond acceptors (Lipinski definition) is 5. The Morgan fingerprint density at radius 3 is 2.57 bits per heavy atom. The van der Waals surface area contributed by atoms with Crippen molar-refractivity contribution in [2.75, 3.05) is 24.2 Å². The number of hydrogen-bond donors (Lipinski definition) is 4. The van der Waals surface area contributed by atoms with Crippen molar-refractivity contribution >= 4 is 29.4 Å². The van der Waals surface area contributed by atoms with Gasteiger partial charge in [-0.2, -0.15) is 4.98 Å². The third-order valence-corrected chi connectivity index (χ3v) is 2.86. The number of carbonyl (C=O) groups is 2. The van der Waals surface area contributed by atoms with E-state index in [2.05, 4.69) is 31.2 Å². The second kappa shape index (κ2) is 7.74. The first-order chi connectivity index (χ1) is 11.1. The minimum Gasteiger partial charge on any atom is -0.355 e. The molecule has 1 aromatic carbocycles. The molecule has 0 unspecified atom stereocenters. The van der Waals surface area contributed by atoms with Crippen LogP contribution in [0.5, 0.6) is 0 Å². The van der Waals surface area contributed by atoms with Crippen molar-refractivity contribution in [2.45, 2.75) is 6.92 Å². The fourth-order valence-corrected chi connectivity index (χ4v) is 1.80. The number of amides is 3. The van der Waals surface area contributed by atoms with Crippen LogP contribution in [0.2, 0.25) is 0 Å². The molecule has 2 aromatic rings. The summed E-state index contributed by atoms with van der Waals surface area (Å²) < 4.78 is 0. The quantitative estimate of drug-likeness (QED) is 0.672. The molecule has 2 rings (SSSR count). The van der Waals surface area contributed by atoms with Gasteiger partial charge in [0.15, 0.2) is 0 Å². The molecule has 120 valence electrons. The Morgan fingerprint density at radius 2 is 1.91 bits per heavy atom. The van der Waals surface area contributed by atoms with Crippen molar-refractivity contribution in [3.05, 3.63) is 42.1 Å². The number of nitrogens with one attached hydrogen (secondary N) is 4. The lowest BCUT2D eigenvalue weighted by atomic mass is 10.2. The van der Waals surface area contributed by atoms with E-state index in [-0.39, 0.29) is 17.4 Å². The molecule has 0 radical (unpaired) electrons. The lowest BCUT2D eigenvalue weighted by Crippen LogP contribution is -2.29. The molecule has 0 aliphatic carbocycles. The number of benzene rings is 1. The molecule has 0 spiro atoms. The fourth-order valence-electron chi connectivity index (χ4n) is 1.80. The van der Waals surface area contributed by atoms with E-state index in [1.54, 1.807) is 6.92 Å². The molecule has 0 aliphatic heterocycles. The van der Waals surface area contributed by atoms with Gasteiger partial charge in [-0.3, -0.25) is 10.1 Å². The highest BCUT2D eigenvalue weighted by molar-refractivity contribution is 5.99. The minimum atomic E-state index is -0.411. The largest absolute Gasteiger partial charge is 0.355 e. The first-order valence-corrected chi connectivity index (χ1v) is 7.10. The Balaban J connectivity index is 2.30. The van der Waals surface area contributed by atoms with Gasteiger partial charge in [0.05, 0.1) is 0 Å². The van der Waals surface area contributed by atoms with Crippen molar-refractivity contribution in [1.29, 1.82) is 0 Å². The molecule has 0 atom stereocenters. The van der Waals surface area contributed by atoms with E-state index in [0.29, 0.717) is 12.4 Å². The first kappa shape index (κ1) is 16.2. The summed E-state index contributed by atoms with van der Waals surface area (Å²) in [7, 11) is 1.52. The lowest BCUT2D eigenvalue weighted by Gasteiger charge is -2.12. The van der Waals surface area contributed by atoms with Gasteiger partial charge in [-0.25, -0.2) is 9.78 Å². The van der Waals surface area contributed by atoms with E-state index >= 15 is 0 Å². The summed E-state index contributed by atoms with van der Waals surface area (Å²) in [5.74, 6) is 0.0763. The Kier molecular flexibility index (Phi) is 5.45. The number of rotatable bonds is 5. The second-order valence-electron chi connectivity index (χ2n) is 4.51. The standard InChI is InChI=1S/C15H18N6O2/c1-3-17-15(23)21-14-18-9-11(13(22)16-2)12(20-14)19-10-7-5-4-6-8-10/h4-9H,3H2,1-2H3,(H,16,22)(H3,17,18,19,20,21,23). The van der Waals surface area contributed by atoms with Gasteiger partial charge in [-0.1, -0.05) is 18.2 Å². The van der Waals surface area contributed by atoms with Crippen LogP contribution in [0.4, 0.5) is 22.2 Å². The summed E-state index contributed by atoms with van der Waals surface area (Å²) in [4.78, 5) is 31.7. The van der Waals surface area contributed by atoms with Crippen molar-refractivity contribution in [3.63, 3.8) is 0 Å². The smallest absolute Gasteiger partial charge is 0.321 e. The maximum atomic E-state index is 11.9. The summed E-state index contributed by atoms with van der Waals surface area (Å²) >= 11 is 0. The van der Waals surface area contributed by atoms with Gasteiger partial charge in [-0.15, -0.1) is 0 Å². The summed E-state index contributed by atoms with van der Waals surface area (Å²) in [5, 5.41) is 10.7. The third kappa shape index (κ3) is 4.40. The molecular formula is C15H18N6O2. The van der Waals surface area contributed by atoms with E-state index in [4.69, 9.17) is 0 Å². The second-order valence-corrected chi connectivity index (χ2v) is 4.51.